The molecule has 7 nitrogen and oxygen atoms in total. The number of primary amides is 1. The lowest BCUT2D eigenvalue weighted by Crippen LogP contribution is -2.52. The molecule has 1 saturated carbocycles. The van der Waals surface area contributed by atoms with Gasteiger partial charge < -0.3 is 10.6 Å². The van der Waals surface area contributed by atoms with Gasteiger partial charge in [-0.05, 0) is 37.5 Å². The van der Waals surface area contributed by atoms with Gasteiger partial charge in [-0.2, -0.15) is 0 Å². The number of benzene rings is 2. The van der Waals surface area contributed by atoms with Crippen LogP contribution >= 0.6 is 0 Å². The first-order valence-electron chi connectivity index (χ1n) is 11.0. The van der Waals surface area contributed by atoms with Crippen molar-refractivity contribution in [1.82, 2.24) is 4.90 Å². The summed E-state index contributed by atoms with van der Waals surface area (Å²) in [6, 6.07) is 14.4. The number of imide groups is 1. The maximum atomic E-state index is 13.7. The Morgan fingerprint density at radius 1 is 0.906 bits per heavy atom. The summed E-state index contributed by atoms with van der Waals surface area (Å²) < 4.78 is 0. The van der Waals surface area contributed by atoms with Crippen LogP contribution in [0.5, 0.6) is 0 Å². The summed E-state index contributed by atoms with van der Waals surface area (Å²) in [5.74, 6) is -3.85. The van der Waals surface area contributed by atoms with E-state index >= 15 is 0 Å². The number of amides is 4. The molecule has 4 atom stereocenters. The molecule has 3 fully saturated rings. The second-order valence-corrected chi connectivity index (χ2v) is 8.98. The fourth-order valence-corrected chi connectivity index (χ4v) is 5.31. The number of hydrogen-bond acceptors (Lipinski definition) is 4. The highest BCUT2D eigenvalue weighted by Gasteiger charge is 2.65. The second kappa shape index (κ2) is 7.58. The van der Waals surface area contributed by atoms with E-state index in [1.165, 1.54) is 4.90 Å². The minimum Gasteiger partial charge on any atom is -0.368 e. The molecule has 0 spiro atoms. The Kier molecular flexibility index (Phi) is 4.84. The van der Waals surface area contributed by atoms with E-state index in [1.54, 1.807) is 30.3 Å². The topological polar surface area (TPSA) is 101 Å². The molecule has 7 heteroatoms. The van der Waals surface area contributed by atoms with Crippen molar-refractivity contribution in [3.8, 4) is 0 Å². The molecule has 2 aliphatic heterocycles. The number of fused-ring (bicyclic) bond motifs is 1. The normalized spacial score (nSPS) is 27.4. The minimum absolute atomic E-state index is 0.188. The Labute approximate surface area is 186 Å². The lowest BCUT2D eigenvalue weighted by atomic mass is 9.83. The second-order valence-electron chi connectivity index (χ2n) is 8.98. The summed E-state index contributed by atoms with van der Waals surface area (Å²) in [6.45, 7) is 1.95. The molecule has 2 saturated heterocycles. The largest absolute Gasteiger partial charge is 0.368 e. The SMILES string of the molecule is Cc1ccc(C2C3C(=O)N(c4ccccc4)C(=O)C3C(C(N)=O)N2C(=O)C2CCC2)cc1. The number of hydrogen-bond donors (Lipinski definition) is 1. The van der Waals surface area contributed by atoms with Crippen LogP contribution in [0.25, 0.3) is 0 Å². The molecule has 2 N–H and O–H groups in total. The fraction of sp³-hybridized carbons (Fsp3) is 0.360. The number of carbonyl (C=O) groups is 4. The van der Waals surface area contributed by atoms with Gasteiger partial charge in [0.05, 0.1) is 23.6 Å². The predicted molar refractivity (Wildman–Crippen MR) is 117 cm³/mol. The average molecular weight is 431 g/mol. The van der Waals surface area contributed by atoms with E-state index in [-0.39, 0.29) is 11.8 Å². The number of para-hydroxylation sites is 1. The smallest absolute Gasteiger partial charge is 0.241 e. The number of nitrogens with zero attached hydrogens (tertiary/aromatic N) is 2. The highest BCUT2D eigenvalue weighted by Crippen LogP contribution is 2.52. The Morgan fingerprint density at radius 2 is 1.53 bits per heavy atom. The van der Waals surface area contributed by atoms with Crippen LogP contribution < -0.4 is 10.6 Å². The molecular weight excluding hydrogens is 406 g/mol. The monoisotopic (exact) mass is 431 g/mol. The number of rotatable bonds is 4. The first-order valence-corrected chi connectivity index (χ1v) is 11.0. The zero-order chi connectivity index (χ0) is 22.6. The van der Waals surface area contributed by atoms with E-state index in [0.29, 0.717) is 5.69 Å². The van der Waals surface area contributed by atoms with E-state index in [1.807, 2.05) is 31.2 Å². The van der Waals surface area contributed by atoms with Gasteiger partial charge in [0, 0.05) is 5.92 Å². The van der Waals surface area contributed by atoms with E-state index < -0.39 is 41.6 Å². The zero-order valence-electron chi connectivity index (χ0n) is 17.8. The van der Waals surface area contributed by atoms with Crippen molar-refractivity contribution in [1.29, 1.82) is 0 Å². The van der Waals surface area contributed by atoms with Crippen molar-refractivity contribution in [3.63, 3.8) is 0 Å². The fourth-order valence-electron chi connectivity index (χ4n) is 5.31. The maximum Gasteiger partial charge on any atom is 0.241 e. The van der Waals surface area contributed by atoms with Crippen LogP contribution in [0.15, 0.2) is 54.6 Å². The van der Waals surface area contributed by atoms with Gasteiger partial charge >= 0.3 is 0 Å². The number of anilines is 1. The average Bonchev–Trinajstić information content (AvgIpc) is 3.21. The summed E-state index contributed by atoms with van der Waals surface area (Å²) in [5.41, 5.74) is 8.01. The molecule has 0 bridgehead atoms. The third-order valence-electron chi connectivity index (χ3n) is 7.11. The Morgan fingerprint density at radius 3 is 2.09 bits per heavy atom. The molecule has 5 rings (SSSR count). The Balaban J connectivity index is 1.64. The van der Waals surface area contributed by atoms with Crippen LogP contribution in [0.4, 0.5) is 5.69 Å². The van der Waals surface area contributed by atoms with Crippen LogP contribution in [0.3, 0.4) is 0 Å². The Hall–Kier alpha value is -3.48. The van der Waals surface area contributed by atoms with Crippen molar-refractivity contribution >= 4 is 29.3 Å². The molecule has 4 amide bonds. The molecule has 2 heterocycles. The summed E-state index contributed by atoms with van der Waals surface area (Å²) >= 11 is 0. The zero-order valence-corrected chi connectivity index (χ0v) is 17.8. The first kappa shape index (κ1) is 20.4. The van der Waals surface area contributed by atoms with Crippen LogP contribution in [-0.4, -0.2) is 34.6 Å². The van der Waals surface area contributed by atoms with Crippen LogP contribution in [-0.2, 0) is 19.2 Å². The summed E-state index contributed by atoms with van der Waals surface area (Å²) in [4.78, 5) is 55.9. The van der Waals surface area contributed by atoms with Gasteiger partial charge in [0.25, 0.3) is 0 Å². The van der Waals surface area contributed by atoms with Crippen LogP contribution in [0.1, 0.15) is 36.4 Å². The lowest BCUT2D eigenvalue weighted by Gasteiger charge is -2.37. The summed E-state index contributed by atoms with van der Waals surface area (Å²) in [5, 5.41) is 0. The van der Waals surface area contributed by atoms with E-state index in [9.17, 15) is 19.2 Å². The predicted octanol–water partition coefficient (Wildman–Crippen LogP) is 2.34. The molecule has 0 aromatic heterocycles. The van der Waals surface area contributed by atoms with E-state index in [2.05, 4.69) is 0 Å². The number of carbonyl (C=O) groups excluding carboxylic acids is 4. The number of likely N-dealkylation sites (tertiary alicyclic amines) is 1. The highest BCUT2D eigenvalue weighted by molar-refractivity contribution is 6.24. The lowest BCUT2D eigenvalue weighted by molar-refractivity contribution is -0.147. The molecule has 3 aliphatic rings. The van der Waals surface area contributed by atoms with Gasteiger partial charge in [-0.25, -0.2) is 4.90 Å². The molecule has 4 unspecified atom stereocenters. The summed E-state index contributed by atoms with van der Waals surface area (Å²) in [7, 11) is 0. The van der Waals surface area contributed by atoms with Gasteiger partial charge in [0.15, 0.2) is 0 Å². The van der Waals surface area contributed by atoms with Gasteiger partial charge in [0.2, 0.25) is 23.6 Å². The Bertz CT molecular complexity index is 1090. The molecule has 32 heavy (non-hydrogen) atoms. The maximum absolute atomic E-state index is 13.7. The van der Waals surface area contributed by atoms with Crippen LogP contribution in [0.2, 0.25) is 0 Å². The standard InChI is InChI=1S/C25H25N3O4/c1-14-10-12-15(13-11-14)20-18-19(21(22(26)29)28(20)23(30)16-6-5-7-16)25(32)27(24(18)31)17-8-3-2-4-9-17/h2-4,8-13,16,18-21H,5-7H2,1H3,(H2,26,29). The number of nitrogens with two attached hydrogens (primary N) is 1. The molecular formula is C25H25N3O4. The molecule has 0 radical (unpaired) electrons. The van der Waals surface area contributed by atoms with E-state index in [4.69, 9.17) is 5.73 Å². The minimum atomic E-state index is -1.15. The number of aryl methyl sites for hydroxylation is 1. The van der Waals surface area contributed by atoms with Crippen molar-refractivity contribution < 1.29 is 19.2 Å². The molecule has 2 aromatic carbocycles. The van der Waals surface area contributed by atoms with Crippen molar-refractivity contribution in [2.75, 3.05) is 4.90 Å². The van der Waals surface area contributed by atoms with Gasteiger partial charge in [-0.15, -0.1) is 0 Å². The van der Waals surface area contributed by atoms with Gasteiger partial charge in [-0.1, -0.05) is 54.4 Å². The van der Waals surface area contributed by atoms with Crippen molar-refractivity contribution in [2.24, 2.45) is 23.5 Å². The molecule has 2 aromatic rings. The molecule has 164 valence electrons. The quantitative estimate of drug-likeness (QED) is 0.751. The van der Waals surface area contributed by atoms with E-state index in [0.717, 1.165) is 35.3 Å². The summed E-state index contributed by atoms with van der Waals surface area (Å²) in [6.07, 6.45) is 2.44. The third-order valence-corrected chi connectivity index (χ3v) is 7.11. The first-order chi connectivity index (χ1) is 15.4. The third kappa shape index (κ3) is 2.95. The molecule has 1 aliphatic carbocycles. The van der Waals surface area contributed by atoms with Gasteiger partial charge in [0.1, 0.15) is 6.04 Å². The van der Waals surface area contributed by atoms with Gasteiger partial charge in [-0.3, -0.25) is 19.2 Å². The van der Waals surface area contributed by atoms with Crippen molar-refractivity contribution in [3.05, 3.63) is 65.7 Å². The van der Waals surface area contributed by atoms with Crippen molar-refractivity contribution in [2.45, 2.75) is 38.3 Å². The highest BCUT2D eigenvalue weighted by atomic mass is 16.2. The van der Waals surface area contributed by atoms with Crippen LogP contribution in [0, 0.1) is 24.7 Å².